The van der Waals surface area contributed by atoms with Crippen LogP contribution in [-0.4, -0.2) is 37.0 Å². The van der Waals surface area contributed by atoms with E-state index in [-0.39, 0.29) is 5.82 Å². The van der Waals surface area contributed by atoms with E-state index in [9.17, 15) is 8.42 Å². The molecule has 1 aromatic heterocycles. The lowest BCUT2D eigenvalue weighted by Gasteiger charge is -2.12. The van der Waals surface area contributed by atoms with E-state index in [2.05, 4.69) is 20.2 Å². The predicted octanol–water partition coefficient (Wildman–Crippen LogP) is 1.62. The van der Waals surface area contributed by atoms with Gasteiger partial charge in [0.05, 0.1) is 0 Å². The number of anilines is 2. The summed E-state index contributed by atoms with van der Waals surface area (Å²) >= 11 is 0. The van der Waals surface area contributed by atoms with Crippen LogP contribution < -0.4 is 10.0 Å². The highest BCUT2D eigenvalue weighted by Crippen LogP contribution is 2.10. The van der Waals surface area contributed by atoms with E-state index in [4.69, 9.17) is 0 Å². The van der Waals surface area contributed by atoms with Gasteiger partial charge in [-0.25, -0.2) is 0 Å². The molecule has 0 fully saturated rings. The molecule has 0 aliphatic carbocycles. The van der Waals surface area contributed by atoms with Crippen LogP contribution in [0.5, 0.6) is 0 Å². The third kappa shape index (κ3) is 4.40. The van der Waals surface area contributed by atoms with Crippen molar-refractivity contribution in [2.24, 2.45) is 0 Å². The van der Waals surface area contributed by atoms with Crippen LogP contribution in [0.4, 0.5) is 11.6 Å². The summed E-state index contributed by atoms with van der Waals surface area (Å²) in [5, 5.41) is 10.9. The van der Waals surface area contributed by atoms with Crippen LogP contribution >= 0.6 is 0 Å². The van der Waals surface area contributed by atoms with Crippen molar-refractivity contribution in [2.75, 3.05) is 24.1 Å². The largest absolute Gasteiger partial charge is 0.365 e. The Balaban J connectivity index is 1.96. The van der Waals surface area contributed by atoms with Gasteiger partial charge in [0, 0.05) is 20.6 Å². The third-order valence-corrected chi connectivity index (χ3v) is 4.40. The molecule has 2 aromatic rings. The first-order chi connectivity index (χ1) is 10.4. The van der Waals surface area contributed by atoms with Crippen molar-refractivity contribution in [2.45, 2.75) is 13.5 Å². The third-order valence-electron chi connectivity index (χ3n) is 2.97. The topological polar surface area (TPSA) is 87.2 Å². The van der Waals surface area contributed by atoms with Crippen LogP contribution in [0.25, 0.3) is 0 Å². The molecule has 0 atom stereocenters. The molecule has 8 heteroatoms. The lowest BCUT2D eigenvalue weighted by atomic mass is 10.1. The van der Waals surface area contributed by atoms with Gasteiger partial charge in [-0.05, 0) is 24.6 Å². The van der Waals surface area contributed by atoms with Gasteiger partial charge in [-0.2, -0.15) is 12.7 Å². The van der Waals surface area contributed by atoms with E-state index in [0.717, 1.165) is 9.87 Å². The Hall–Kier alpha value is -2.19. The molecule has 0 saturated heterocycles. The lowest BCUT2D eigenvalue weighted by molar-refractivity contribution is 0.526. The van der Waals surface area contributed by atoms with E-state index in [1.807, 2.05) is 31.2 Å². The first kappa shape index (κ1) is 16.2. The van der Waals surface area contributed by atoms with E-state index in [1.54, 1.807) is 12.1 Å². The second-order valence-electron chi connectivity index (χ2n) is 5.03. The summed E-state index contributed by atoms with van der Waals surface area (Å²) in [5.41, 5.74) is 2.34. The molecule has 0 aliphatic heterocycles. The van der Waals surface area contributed by atoms with Crippen molar-refractivity contribution in [1.29, 1.82) is 0 Å². The number of aryl methyl sites for hydroxylation is 1. The van der Waals surface area contributed by atoms with Crippen molar-refractivity contribution in [3.8, 4) is 0 Å². The first-order valence-electron chi connectivity index (χ1n) is 6.70. The van der Waals surface area contributed by atoms with E-state index in [1.165, 1.54) is 19.7 Å². The minimum atomic E-state index is -3.56. The highest BCUT2D eigenvalue weighted by Gasteiger charge is 2.13. The molecule has 0 aliphatic rings. The molecule has 0 bridgehead atoms. The van der Waals surface area contributed by atoms with Crippen LogP contribution in [-0.2, 0) is 16.8 Å². The molecule has 0 spiro atoms. The van der Waals surface area contributed by atoms with Gasteiger partial charge in [-0.15, -0.1) is 10.2 Å². The Morgan fingerprint density at radius 3 is 2.14 bits per heavy atom. The molecule has 2 rings (SSSR count). The Bertz CT molecular complexity index is 712. The van der Waals surface area contributed by atoms with Crippen molar-refractivity contribution in [3.63, 3.8) is 0 Å². The molecule has 2 N–H and O–H groups in total. The maximum absolute atomic E-state index is 11.7. The lowest BCUT2D eigenvalue weighted by Crippen LogP contribution is -2.29. The van der Waals surface area contributed by atoms with E-state index < -0.39 is 10.2 Å². The van der Waals surface area contributed by atoms with Crippen molar-refractivity contribution in [3.05, 3.63) is 47.5 Å². The molecule has 0 amide bonds. The fraction of sp³-hybridized carbons (Fsp3) is 0.286. The number of hydrogen-bond donors (Lipinski definition) is 2. The van der Waals surface area contributed by atoms with Gasteiger partial charge in [0.2, 0.25) is 0 Å². The molecular weight excluding hydrogens is 302 g/mol. The molecule has 1 aromatic carbocycles. The second kappa shape index (κ2) is 6.71. The van der Waals surface area contributed by atoms with Gasteiger partial charge in [0.15, 0.2) is 5.82 Å². The Morgan fingerprint density at radius 2 is 1.59 bits per heavy atom. The maximum atomic E-state index is 11.7. The summed E-state index contributed by atoms with van der Waals surface area (Å²) in [6.45, 7) is 2.66. The van der Waals surface area contributed by atoms with E-state index in [0.29, 0.717) is 12.4 Å². The number of benzene rings is 1. The van der Waals surface area contributed by atoms with Crippen molar-refractivity contribution in [1.82, 2.24) is 14.5 Å². The molecule has 118 valence electrons. The Kier molecular flexibility index (Phi) is 4.94. The van der Waals surface area contributed by atoms with E-state index >= 15 is 0 Å². The standard InChI is InChI=1S/C14H19N5O2S/c1-11-4-6-12(7-5-11)10-15-13-8-9-14(17-16-13)18-22(20,21)19(2)3/h4-9H,10H2,1-3H3,(H,15,16)(H,17,18). The zero-order valence-corrected chi connectivity index (χ0v) is 13.6. The second-order valence-corrected chi connectivity index (χ2v) is 6.92. The van der Waals surface area contributed by atoms with Gasteiger partial charge < -0.3 is 5.32 Å². The number of hydrogen-bond acceptors (Lipinski definition) is 5. The average Bonchev–Trinajstić information content (AvgIpc) is 2.48. The van der Waals surface area contributed by atoms with Gasteiger partial charge >= 0.3 is 10.2 Å². The van der Waals surface area contributed by atoms with Crippen LogP contribution in [0.3, 0.4) is 0 Å². The first-order valence-corrected chi connectivity index (χ1v) is 8.14. The van der Waals surface area contributed by atoms with Crippen molar-refractivity contribution < 1.29 is 8.42 Å². The fourth-order valence-electron chi connectivity index (χ4n) is 1.60. The summed E-state index contributed by atoms with van der Waals surface area (Å²) in [6.07, 6.45) is 0. The minimum Gasteiger partial charge on any atom is -0.365 e. The molecule has 0 saturated carbocycles. The average molecular weight is 321 g/mol. The SMILES string of the molecule is Cc1ccc(CNc2ccc(NS(=O)(=O)N(C)C)nn2)cc1. The normalized spacial score (nSPS) is 11.5. The number of rotatable bonds is 6. The zero-order valence-electron chi connectivity index (χ0n) is 12.7. The maximum Gasteiger partial charge on any atom is 0.302 e. The van der Waals surface area contributed by atoms with Crippen LogP contribution in [0.2, 0.25) is 0 Å². The molecular formula is C14H19N5O2S. The molecule has 0 unspecified atom stereocenters. The summed E-state index contributed by atoms with van der Waals surface area (Å²) in [5.74, 6) is 0.753. The van der Waals surface area contributed by atoms with Gasteiger partial charge in [0.25, 0.3) is 0 Å². The summed E-state index contributed by atoms with van der Waals surface area (Å²) in [4.78, 5) is 0. The number of nitrogens with one attached hydrogen (secondary N) is 2. The zero-order chi connectivity index (χ0) is 16.2. The highest BCUT2D eigenvalue weighted by atomic mass is 32.2. The molecule has 1 heterocycles. The monoisotopic (exact) mass is 321 g/mol. The Morgan fingerprint density at radius 1 is 1.00 bits per heavy atom. The number of aromatic nitrogens is 2. The van der Waals surface area contributed by atoms with Gasteiger partial charge in [-0.3, -0.25) is 4.72 Å². The smallest absolute Gasteiger partial charge is 0.302 e. The molecule has 0 radical (unpaired) electrons. The molecule has 22 heavy (non-hydrogen) atoms. The highest BCUT2D eigenvalue weighted by molar-refractivity contribution is 7.90. The van der Waals surface area contributed by atoms with Gasteiger partial charge in [0.1, 0.15) is 5.82 Å². The quantitative estimate of drug-likeness (QED) is 0.844. The predicted molar refractivity (Wildman–Crippen MR) is 86.8 cm³/mol. The minimum absolute atomic E-state index is 0.176. The van der Waals surface area contributed by atoms with Gasteiger partial charge in [-0.1, -0.05) is 29.8 Å². The van der Waals surface area contributed by atoms with Crippen molar-refractivity contribution >= 4 is 21.8 Å². The molecule has 7 nitrogen and oxygen atoms in total. The summed E-state index contributed by atoms with van der Waals surface area (Å²) in [7, 11) is -0.688. The van der Waals surface area contributed by atoms with Crippen LogP contribution in [0.1, 0.15) is 11.1 Å². The van der Waals surface area contributed by atoms with Crippen LogP contribution in [0, 0.1) is 6.92 Å². The number of nitrogens with zero attached hydrogens (tertiary/aromatic N) is 3. The Labute approximate surface area is 130 Å². The fourth-order valence-corrected chi connectivity index (χ4v) is 2.16. The van der Waals surface area contributed by atoms with Crippen LogP contribution in [0.15, 0.2) is 36.4 Å². The summed E-state index contributed by atoms with van der Waals surface area (Å²) in [6, 6.07) is 11.4. The summed E-state index contributed by atoms with van der Waals surface area (Å²) < 4.78 is 26.7.